The van der Waals surface area contributed by atoms with Gasteiger partial charge in [-0.2, -0.15) is 0 Å². The van der Waals surface area contributed by atoms with Crippen molar-refractivity contribution in [3.05, 3.63) is 0 Å². The molecule has 3 rings (SSSR count). The molecular formula is C20H37N3O2. The van der Waals surface area contributed by atoms with Crippen molar-refractivity contribution < 1.29 is 9.53 Å². The standard InChI is InChI=1S/C20H37N3O2/c1-20(2,3)25-19(24)23-15-13-22(14-16-23)18-9-11-21(12-10-18)17-7-5-4-6-8-17/h17-18H,4-16H2,1-3H3. The first kappa shape index (κ1) is 19.0. The van der Waals surface area contributed by atoms with Crippen LogP contribution >= 0.6 is 0 Å². The number of carbonyl (C=O) groups is 1. The molecular weight excluding hydrogens is 314 g/mol. The Labute approximate surface area is 153 Å². The van der Waals surface area contributed by atoms with Gasteiger partial charge in [0, 0.05) is 38.3 Å². The Bertz CT molecular complexity index is 427. The van der Waals surface area contributed by atoms with Crippen LogP contribution in [0.3, 0.4) is 0 Å². The first-order valence-corrected chi connectivity index (χ1v) is 10.4. The van der Waals surface area contributed by atoms with Crippen molar-refractivity contribution >= 4 is 6.09 Å². The van der Waals surface area contributed by atoms with Gasteiger partial charge in [-0.3, -0.25) is 4.90 Å². The summed E-state index contributed by atoms with van der Waals surface area (Å²) in [6, 6.07) is 1.57. The van der Waals surface area contributed by atoms with Crippen molar-refractivity contribution in [2.75, 3.05) is 39.3 Å². The van der Waals surface area contributed by atoms with E-state index in [2.05, 4.69) is 9.80 Å². The second-order valence-corrected chi connectivity index (χ2v) is 9.06. The van der Waals surface area contributed by atoms with Crippen LogP contribution in [0.25, 0.3) is 0 Å². The number of piperidine rings is 1. The number of ether oxygens (including phenoxy) is 1. The first-order valence-electron chi connectivity index (χ1n) is 10.4. The zero-order chi connectivity index (χ0) is 17.9. The molecule has 2 saturated heterocycles. The van der Waals surface area contributed by atoms with Crippen LogP contribution in [0.4, 0.5) is 4.79 Å². The first-order chi connectivity index (χ1) is 11.9. The van der Waals surface area contributed by atoms with Gasteiger partial charge >= 0.3 is 6.09 Å². The minimum absolute atomic E-state index is 0.153. The van der Waals surface area contributed by atoms with E-state index in [1.165, 1.54) is 58.0 Å². The summed E-state index contributed by atoms with van der Waals surface area (Å²) in [5.41, 5.74) is -0.403. The normalized spacial score (nSPS) is 26.0. The molecule has 0 aromatic rings. The Morgan fingerprint density at radius 2 is 1.28 bits per heavy atom. The number of likely N-dealkylation sites (tertiary alicyclic amines) is 1. The Balaban J connectivity index is 1.40. The Morgan fingerprint density at radius 1 is 0.760 bits per heavy atom. The molecule has 1 aliphatic carbocycles. The van der Waals surface area contributed by atoms with Crippen molar-refractivity contribution in [3.63, 3.8) is 0 Å². The maximum atomic E-state index is 12.2. The highest BCUT2D eigenvalue weighted by atomic mass is 16.6. The maximum Gasteiger partial charge on any atom is 0.410 e. The third-order valence-corrected chi connectivity index (χ3v) is 6.07. The topological polar surface area (TPSA) is 36.0 Å². The van der Waals surface area contributed by atoms with Gasteiger partial charge in [0.1, 0.15) is 5.60 Å². The summed E-state index contributed by atoms with van der Waals surface area (Å²) < 4.78 is 5.50. The predicted molar refractivity (Wildman–Crippen MR) is 101 cm³/mol. The highest BCUT2D eigenvalue weighted by Crippen LogP contribution is 2.27. The molecule has 1 saturated carbocycles. The van der Waals surface area contributed by atoms with Crippen LogP contribution in [-0.2, 0) is 4.74 Å². The summed E-state index contributed by atoms with van der Waals surface area (Å²) in [5.74, 6) is 0. The average molecular weight is 352 g/mol. The van der Waals surface area contributed by atoms with Gasteiger partial charge in [-0.05, 0) is 59.5 Å². The van der Waals surface area contributed by atoms with E-state index in [1.807, 2.05) is 25.7 Å². The fourth-order valence-electron chi connectivity index (χ4n) is 4.66. The number of rotatable bonds is 2. The molecule has 0 radical (unpaired) electrons. The molecule has 0 atom stereocenters. The van der Waals surface area contributed by atoms with Crippen molar-refractivity contribution in [2.24, 2.45) is 0 Å². The van der Waals surface area contributed by atoms with E-state index in [0.29, 0.717) is 6.04 Å². The number of piperazine rings is 1. The van der Waals surface area contributed by atoms with Gasteiger partial charge in [0.2, 0.25) is 0 Å². The minimum Gasteiger partial charge on any atom is -0.444 e. The molecule has 0 spiro atoms. The lowest BCUT2D eigenvalue weighted by Crippen LogP contribution is -2.55. The van der Waals surface area contributed by atoms with Gasteiger partial charge in [0.05, 0.1) is 0 Å². The zero-order valence-corrected chi connectivity index (χ0v) is 16.5. The molecule has 0 unspecified atom stereocenters. The lowest BCUT2D eigenvalue weighted by Gasteiger charge is -2.45. The fourth-order valence-corrected chi connectivity index (χ4v) is 4.66. The molecule has 0 aromatic carbocycles. The molecule has 3 fully saturated rings. The van der Waals surface area contributed by atoms with Crippen LogP contribution < -0.4 is 0 Å². The second-order valence-electron chi connectivity index (χ2n) is 9.06. The van der Waals surface area contributed by atoms with Crippen LogP contribution in [0.5, 0.6) is 0 Å². The SMILES string of the molecule is CC(C)(C)OC(=O)N1CCN(C2CCN(C3CCCCC3)CC2)CC1. The summed E-state index contributed by atoms with van der Waals surface area (Å²) in [4.78, 5) is 19.4. The van der Waals surface area contributed by atoms with E-state index in [4.69, 9.17) is 4.74 Å². The molecule has 0 bridgehead atoms. The van der Waals surface area contributed by atoms with E-state index in [1.54, 1.807) is 0 Å². The van der Waals surface area contributed by atoms with Crippen LogP contribution in [-0.4, -0.2) is 77.7 Å². The average Bonchev–Trinajstić information content (AvgIpc) is 2.61. The van der Waals surface area contributed by atoms with Gasteiger partial charge < -0.3 is 14.5 Å². The molecule has 5 heteroatoms. The maximum absolute atomic E-state index is 12.2. The summed E-state index contributed by atoms with van der Waals surface area (Å²) in [6.07, 6.45) is 9.56. The van der Waals surface area contributed by atoms with Gasteiger partial charge in [-0.15, -0.1) is 0 Å². The van der Waals surface area contributed by atoms with Crippen molar-refractivity contribution in [1.29, 1.82) is 0 Å². The Hall–Kier alpha value is -0.810. The number of nitrogens with zero attached hydrogens (tertiary/aromatic N) is 3. The molecule has 2 aliphatic heterocycles. The lowest BCUT2D eigenvalue weighted by molar-refractivity contribution is 0.00326. The highest BCUT2D eigenvalue weighted by molar-refractivity contribution is 5.68. The highest BCUT2D eigenvalue weighted by Gasteiger charge is 2.32. The summed E-state index contributed by atoms with van der Waals surface area (Å²) in [7, 11) is 0. The third-order valence-electron chi connectivity index (χ3n) is 6.07. The van der Waals surface area contributed by atoms with Crippen LogP contribution in [0.15, 0.2) is 0 Å². The van der Waals surface area contributed by atoms with Crippen molar-refractivity contribution in [1.82, 2.24) is 14.7 Å². The largest absolute Gasteiger partial charge is 0.444 e. The van der Waals surface area contributed by atoms with E-state index in [-0.39, 0.29) is 6.09 Å². The molecule has 0 N–H and O–H groups in total. The molecule has 0 aromatic heterocycles. The van der Waals surface area contributed by atoms with Crippen molar-refractivity contribution in [3.8, 4) is 0 Å². The van der Waals surface area contributed by atoms with Crippen LogP contribution in [0.2, 0.25) is 0 Å². The molecule has 2 heterocycles. The number of carbonyl (C=O) groups excluding carboxylic acids is 1. The Kier molecular flexibility index (Phi) is 6.26. The molecule has 25 heavy (non-hydrogen) atoms. The molecule has 3 aliphatic rings. The smallest absolute Gasteiger partial charge is 0.410 e. The molecule has 5 nitrogen and oxygen atoms in total. The van der Waals surface area contributed by atoms with E-state index in [9.17, 15) is 4.79 Å². The number of hydrogen-bond donors (Lipinski definition) is 0. The predicted octanol–water partition coefficient (Wildman–Crippen LogP) is 3.34. The van der Waals surface area contributed by atoms with Crippen LogP contribution in [0.1, 0.15) is 65.7 Å². The minimum atomic E-state index is -0.403. The van der Waals surface area contributed by atoms with Gasteiger partial charge in [-0.1, -0.05) is 19.3 Å². The van der Waals surface area contributed by atoms with Crippen molar-refractivity contribution in [2.45, 2.75) is 83.4 Å². The second kappa shape index (κ2) is 8.26. The zero-order valence-electron chi connectivity index (χ0n) is 16.5. The fraction of sp³-hybridized carbons (Fsp3) is 0.950. The Morgan fingerprint density at radius 3 is 1.84 bits per heavy atom. The van der Waals surface area contributed by atoms with E-state index < -0.39 is 5.60 Å². The third kappa shape index (κ3) is 5.33. The number of hydrogen-bond acceptors (Lipinski definition) is 4. The quantitative estimate of drug-likeness (QED) is 0.764. The monoisotopic (exact) mass is 351 g/mol. The molecule has 1 amide bonds. The summed E-state index contributed by atoms with van der Waals surface area (Å²) in [6.45, 7) is 11.9. The van der Waals surface area contributed by atoms with Gasteiger partial charge in [0.15, 0.2) is 0 Å². The summed E-state index contributed by atoms with van der Waals surface area (Å²) in [5, 5.41) is 0. The van der Waals surface area contributed by atoms with E-state index in [0.717, 1.165) is 32.2 Å². The van der Waals surface area contributed by atoms with Crippen LogP contribution in [0, 0.1) is 0 Å². The van der Waals surface area contributed by atoms with Gasteiger partial charge in [0.25, 0.3) is 0 Å². The molecule has 144 valence electrons. The van der Waals surface area contributed by atoms with E-state index >= 15 is 0 Å². The number of amides is 1. The van der Waals surface area contributed by atoms with Gasteiger partial charge in [-0.25, -0.2) is 4.79 Å². The summed E-state index contributed by atoms with van der Waals surface area (Å²) >= 11 is 0. The lowest BCUT2D eigenvalue weighted by atomic mass is 9.91.